The highest BCUT2D eigenvalue weighted by atomic mass is 16.5. The van der Waals surface area contributed by atoms with Crippen LogP contribution in [0.4, 0.5) is 0 Å². The van der Waals surface area contributed by atoms with Gasteiger partial charge in [0.15, 0.2) is 0 Å². The average molecular weight is 215 g/mol. The van der Waals surface area contributed by atoms with Crippen molar-refractivity contribution in [3.63, 3.8) is 0 Å². The van der Waals surface area contributed by atoms with E-state index in [-0.39, 0.29) is 12.8 Å². The van der Waals surface area contributed by atoms with Gasteiger partial charge in [-0.3, -0.25) is 9.59 Å². The van der Waals surface area contributed by atoms with Gasteiger partial charge >= 0.3 is 11.9 Å². The van der Waals surface area contributed by atoms with Gasteiger partial charge in [-0.1, -0.05) is 6.58 Å². The number of hydrogen-bond donors (Lipinski definition) is 2. The van der Waals surface area contributed by atoms with Gasteiger partial charge in [0.05, 0.1) is 7.11 Å². The topological polar surface area (TPSA) is 92.7 Å². The third kappa shape index (κ3) is 5.45. The third-order valence-corrected chi connectivity index (χ3v) is 1.66. The first kappa shape index (κ1) is 13.2. The molecule has 15 heavy (non-hydrogen) atoms. The van der Waals surface area contributed by atoms with Gasteiger partial charge < -0.3 is 15.2 Å². The zero-order valence-electron chi connectivity index (χ0n) is 8.36. The lowest BCUT2D eigenvalue weighted by molar-refractivity contribution is -0.143. The number of rotatable bonds is 6. The summed E-state index contributed by atoms with van der Waals surface area (Å²) in [6, 6.07) is -1.10. The molecule has 0 aromatic heterocycles. The molecule has 84 valence electrons. The lowest BCUT2D eigenvalue weighted by Crippen LogP contribution is -2.40. The maximum absolute atomic E-state index is 10.8. The number of carboxylic acid groups (broad SMARTS) is 1. The Labute approximate surface area is 86.9 Å². The fourth-order valence-electron chi connectivity index (χ4n) is 0.852. The molecule has 0 saturated carbocycles. The molecule has 1 amide bonds. The zero-order valence-corrected chi connectivity index (χ0v) is 8.36. The average Bonchev–Trinajstić information content (AvgIpc) is 2.22. The minimum Gasteiger partial charge on any atom is -0.480 e. The van der Waals surface area contributed by atoms with Crippen molar-refractivity contribution in [3.8, 4) is 0 Å². The number of carboxylic acids is 1. The minimum atomic E-state index is -1.20. The van der Waals surface area contributed by atoms with Crippen molar-refractivity contribution in [2.75, 3.05) is 7.11 Å². The molecular weight excluding hydrogens is 202 g/mol. The first-order valence-electron chi connectivity index (χ1n) is 4.23. The molecule has 2 N–H and O–H groups in total. The normalized spacial score (nSPS) is 11.3. The van der Waals surface area contributed by atoms with Crippen molar-refractivity contribution in [2.45, 2.75) is 18.9 Å². The number of carbonyl (C=O) groups excluding carboxylic acids is 2. The van der Waals surface area contributed by atoms with Crippen molar-refractivity contribution in [2.24, 2.45) is 0 Å². The summed E-state index contributed by atoms with van der Waals surface area (Å²) in [4.78, 5) is 32.2. The Morgan fingerprint density at radius 3 is 2.53 bits per heavy atom. The number of ether oxygens (including phenoxy) is 1. The van der Waals surface area contributed by atoms with Crippen molar-refractivity contribution in [1.29, 1.82) is 0 Å². The number of methoxy groups -OCH3 is 1. The van der Waals surface area contributed by atoms with Gasteiger partial charge in [0.25, 0.3) is 0 Å². The summed E-state index contributed by atoms with van der Waals surface area (Å²) >= 11 is 0. The Hall–Kier alpha value is -1.85. The molecule has 6 heteroatoms. The van der Waals surface area contributed by atoms with Crippen LogP contribution >= 0.6 is 0 Å². The summed E-state index contributed by atoms with van der Waals surface area (Å²) < 4.78 is 4.35. The second-order valence-electron chi connectivity index (χ2n) is 2.72. The van der Waals surface area contributed by atoms with Crippen LogP contribution in [0.3, 0.4) is 0 Å². The van der Waals surface area contributed by atoms with Crippen LogP contribution in [0.5, 0.6) is 0 Å². The van der Waals surface area contributed by atoms with E-state index >= 15 is 0 Å². The summed E-state index contributed by atoms with van der Waals surface area (Å²) in [5, 5.41) is 10.9. The Bertz CT molecular complexity index is 274. The molecule has 6 nitrogen and oxygen atoms in total. The molecule has 0 spiro atoms. The Kier molecular flexibility index (Phi) is 5.77. The monoisotopic (exact) mass is 215 g/mol. The standard InChI is InChI=1S/C9H13NO5/c1-3-7(11)10-6(9(13)14)4-5-8(12)15-2/h3,6H,1,4-5H2,2H3,(H,10,11)(H,13,14)/t6-/m0/s1. The van der Waals surface area contributed by atoms with Gasteiger partial charge in [-0.2, -0.15) is 0 Å². The van der Waals surface area contributed by atoms with E-state index in [4.69, 9.17) is 5.11 Å². The Morgan fingerprint density at radius 1 is 1.53 bits per heavy atom. The van der Waals surface area contributed by atoms with Crippen molar-refractivity contribution in [3.05, 3.63) is 12.7 Å². The molecular formula is C9H13NO5. The molecule has 0 saturated heterocycles. The van der Waals surface area contributed by atoms with Crippen molar-refractivity contribution < 1.29 is 24.2 Å². The molecule has 0 aliphatic rings. The van der Waals surface area contributed by atoms with Crippen LogP contribution < -0.4 is 5.32 Å². The number of hydrogen-bond acceptors (Lipinski definition) is 4. The van der Waals surface area contributed by atoms with Gasteiger partial charge in [0.2, 0.25) is 5.91 Å². The summed E-state index contributed by atoms with van der Waals surface area (Å²) in [5.41, 5.74) is 0. The van der Waals surface area contributed by atoms with E-state index in [0.717, 1.165) is 6.08 Å². The van der Waals surface area contributed by atoms with Crippen LogP contribution in [-0.2, 0) is 19.1 Å². The fourth-order valence-corrected chi connectivity index (χ4v) is 0.852. The molecule has 0 rings (SSSR count). The Balaban J connectivity index is 4.16. The summed E-state index contributed by atoms with van der Waals surface area (Å²) in [6.45, 7) is 3.19. The van der Waals surface area contributed by atoms with Crippen LogP contribution in [0.25, 0.3) is 0 Å². The van der Waals surface area contributed by atoms with E-state index < -0.39 is 23.9 Å². The van der Waals surface area contributed by atoms with Gasteiger partial charge in [0.1, 0.15) is 6.04 Å². The fraction of sp³-hybridized carbons (Fsp3) is 0.444. The van der Waals surface area contributed by atoms with E-state index in [0.29, 0.717) is 0 Å². The van der Waals surface area contributed by atoms with E-state index in [2.05, 4.69) is 16.6 Å². The van der Waals surface area contributed by atoms with E-state index in [1.54, 1.807) is 0 Å². The number of amides is 1. The van der Waals surface area contributed by atoms with Crippen LogP contribution in [0, 0.1) is 0 Å². The number of nitrogens with one attached hydrogen (secondary N) is 1. The minimum absolute atomic E-state index is 0.0123. The SMILES string of the molecule is C=CC(=O)N[C@@H](CCC(=O)OC)C(=O)O. The number of esters is 1. The first-order chi connectivity index (χ1) is 7.01. The zero-order chi connectivity index (χ0) is 11.8. The second-order valence-corrected chi connectivity index (χ2v) is 2.72. The number of aliphatic carboxylic acids is 1. The molecule has 0 unspecified atom stereocenters. The molecule has 0 fully saturated rings. The van der Waals surface area contributed by atoms with E-state index in [1.165, 1.54) is 7.11 Å². The summed E-state index contributed by atoms with van der Waals surface area (Å²) in [5.74, 6) is -2.31. The number of carbonyl (C=O) groups is 3. The maximum Gasteiger partial charge on any atom is 0.326 e. The highest BCUT2D eigenvalue weighted by Crippen LogP contribution is 1.99. The first-order valence-corrected chi connectivity index (χ1v) is 4.23. The predicted octanol–water partition coefficient (Wildman–Crippen LogP) is -0.305. The van der Waals surface area contributed by atoms with E-state index in [1.807, 2.05) is 0 Å². The van der Waals surface area contributed by atoms with E-state index in [9.17, 15) is 14.4 Å². The predicted molar refractivity (Wildman–Crippen MR) is 51.0 cm³/mol. The van der Waals surface area contributed by atoms with Gasteiger partial charge in [-0.25, -0.2) is 4.79 Å². The molecule has 0 aliphatic carbocycles. The lowest BCUT2D eigenvalue weighted by Gasteiger charge is -2.11. The van der Waals surface area contributed by atoms with Crippen LogP contribution in [0.2, 0.25) is 0 Å². The molecule has 0 heterocycles. The molecule has 0 aromatic carbocycles. The molecule has 1 atom stereocenters. The quantitative estimate of drug-likeness (QED) is 0.468. The lowest BCUT2D eigenvalue weighted by atomic mass is 10.1. The van der Waals surface area contributed by atoms with Crippen molar-refractivity contribution >= 4 is 17.8 Å². The summed E-state index contributed by atoms with van der Waals surface area (Å²) in [6.07, 6.45) is 0.889. The molecule has 0 aliphatic heterocycles. The third-order valence-electron chi connectivity index (χ3n) is 1.66. The van der Waals surface area contributed by atoms with Gasteiger partial charge in [-0.15, -0.1) is 0 Å². The second kappa shape index (κ2) is 6.58. The molecule has 0 radical (unpaired) electrons. The highest BCUT2D eigenvalue weighted by Gasteiger charge is 2.19. The van der Waals surface area contributed by atoms with Gasteiger partial charge in [0, 0.05) is 6.42 Å². The molecule has 0 aromatic rings. The molecule has 0 bridgehead atoms. The smallest absolute Gasteiger partial charge is 0.326 e. The summed E-state index contributed by atoms with van der Waals surface area (Å²) in [7, 11) is 1.21. The largest absolute Gasteiger partial charge is 0.480 e. The van der Waals surface area contributed by atoms with Gasteiger partial charge in [-0.05, 0) is 12.5 Å². The Morgan fingerprint density at radius 2 is 2.13 bits per heavy atom. The highest BCUT2D eigenvalue weighted by molar-refractivity contribution is 5.90. The van der Waals surface area contributed by atoms with Crippen LogP contribution in [-0.4, -0.2) is 36.1 Å². The van der Waals surface area contributed by atoms with Crippen LogP contribution in [0.1, 0.15) is 12.8 Å². The maximum atomic E-state index is 10.8. The van der Waals surface area contributed by atoms with Crippen molar-refractivity contribution in [1.82, 2.24) is 5.32 Å². The van der Waals surface area contributed by atoms with Crippen LogP contribution in [0.15, 0.2) is 12.7 Å².